The van der Waals surface area contributed by atoms with Gasteiger partial charge >= 0.3 is 0 Å². The Labute approximate surface area is 158 Å². The third-order valence-corrected chi connectivity index (χ3v) is 4.79. The maximum absolute atomic E-state index is 12.8. The molecule has 0 N–H and O–H groups in total. The Morgan fingerprint density at radius 2 is 1.81 bits per heavy atom. The topological polar surface area (TPSA) is 57.2 Å². The molecule has 142 valence electrons. The molecule has 0 bridgehead atoms. The quantitative estimate of drug-likeness (QED) is 0.807. The number of para-hydroxylation sites is 2. The molecule has 0 radical (unpaired) electrons. The summed E-state index contributed by atoms with van der Waals surface area (Å²) in [5.74, 6) is 2.86. The van der Waals surface area contributed by atoms with Gasteiger partial charge in [0.1, 0.15) is 6.10 Å². The number of hydrogen-bond donors (Lipinski definition) is 0. The Morgan fingerprint density at radius 1 is 1.07 bits per heavy atom. The van der Waals surface area contributed by atoms with Gasteiger partial charge in [0.25, 0.3) is 5.91 Å². The molecule has 4 rings (SSSR count). The van der Waals surface area contributed by atoms with Gasteiger partial charge in [-0.1, -0.05) is 12.1 Å². The highest BCUT2D eigenvalue weighted by atomic mass is 16.7. The SMILES string of the molecule is CCOc1ccccc1OC1CCN(C(=O)c2ccc3c(c2)OCO3)CC1. The molecule has 2 aliphatic heterocycles. The average molecular weight is 369 g/mol. The van der Waals surface area contributed by atoms with E-state index in [0.717, 1.165) is 24.3 Å². The van der Waals surface area contributed by atoms with Crippen molar-refractivity contribution < 1.29 is 23.7 Å². The maximum Gasteiger partial charge on any atom is 0.253 e. The van der Waals surface area contributed by atoms with Crippen LogP contribution in [0, 0.1) is 0 Å². The molecule has 1 amide bonds. The van der Waals surface area contributed by atoms with Crippen LogP contribution in [0.5, 0.6) is 23.0 Å². The highest BCUT2D eigenvalue weighted by molar-refractivity contribution is 5.95. The van der Waals surface area contributed by atoms with Gasteiger partial charge in [-0.15, -0.1) is 0 Å². The van der Waals surface area contributed by atoms with Crippen molar-refractivity contribution in [2.75, 3.05) is 26.5 Å². The molecule has 2 aliphatic rings. The predicted molar refractivity (Wildman–Crippen MR) is 99.7 cm³/mol. The van der Waals surface area contributed by atoms with E-state index < -0.39 is 0 Å². The van der Waals surface area contributed by atoms with Crippen LogP contribution < -0.4 is 18.9 Å². The van der Waals surface area contributed by atoms with E-state index >= 15 is 0 Å². The van der Waals surface area contributed by atoms with Crippen LogP contribution in [-0.2, 0) is 0 Å². The van der Waals surface area contributed by atoms with Gasteiger partial charge in [-0.3, -0.25) is 4.79 Å². The third kappa shape index (κ3) is 3.79. The lowest BCUT2D eigenvalue weighted by Gasteiger charge is -2.32. The van der Waals surface area contributed by atoms with E-state index in [1.807, 2.05) is 36.1 Å². The first-order chi connectivity index (χ1) is 13.2. The molecule has 6 nitrogen and oxygen atoms in total. The van der Waals surface area contributed by atoms with Crippen LogP contribution in [0.1, 0.15) is 30.1 Å². The number of fused-ring (bicyclic) bond motifs is 1. The Morgan fingerprint density at radius 3 is 2.59 bits per heavy atom. The summed E-state index contributed by atoms with van der Waals surface area (Å²) < 4.78 is 22.4. The normalized spacial score (nSPS) is 16.3. The van der Waals surface area contributed by atoms with Gasteiger partial charge in [-0.25, -0.2) is 0 Å². The Kier molecular flexibility index (Phi) is 5.05. The summed E-state index contributed by atoms with van der Waals surface area (Å²) in [4.78, 5) is 14.6. The van der Waals surface area contributed by atoms with Crippen LogP contribution >= 0.6 is 0 Å². The van der Waals surface area contributed by atoms with E-state index in [1.54, 1.807) is 18.2 Å². The molecular weight excluding hydrogens is 346 g/mol. The molecule has 0 saturated carbocycles. The predicted octanol–water partition coefficient (Wildman–Crippen LogP) is 3.50. The van der Waals surface area contributed by atoms with Crippen molar-refractivity contribution >= 4 is 5.91 Å². The molecule has 0 atom stereocenters. The molecule has 27 heavy (non-hydrogen) atoms. The van der Waals surface area contributed by atoms with E-state index in [-0.39, 0.29) is 18.8 Å². The van der Waals surface area contributed by atoms with Crippen LogP contribution in [0.25, 0.3) is 0 Å². The number of ether oxygens (including phenoxy) is 4. The number of amides is 1. The summed E-state index contributed by atoms with van der Waals surface area (Å²) in [5, 5.41) is 0. The standard InChI is InChI=1S/C21H23NO5/c1-2-24-17-5-3-4-6-19(17)27-16-9-11-22(12-10-16)21(23)15-7-8-18-20(13-15)26-14-25-18/h3-8,13,16H,2,9-12,14H2,1H3. The fourth-order valence-electron chi connectivity index (χ4n) is 3.39. The van der Waals surface area contributed by atoms with Gasteiger partial charge in [-0.05, 0) is 37.3 Å². The van der Waals surface area contributed by atoms with Crippen molar-refractivity contribution in [3.8, 4) is 23.0 Å². The molecule has 2 heterocycles. The molecule has 0 spiro atoms. The van der Waals surface area contributed by atoms with E-state index in [0.29, 0.717) is 36.8 Å². The highest BCUT2D eigenvalue weighted by Gasteiger charge is 2.26. The van der Waals surface area contributed by atoms with Crippen molar-refractivity contribution in [2.45, 2.75) is 25.9 Å². The third-order valence-electron chi connectivity index (χ3n) is 4.79. The van der Waals surface area contributed by atoms with E-state index in [1.165, 1.54) is 0 Å². The highest BCUT2D eigenvalue weighted by Crippen LogP contribution is 2.33. The van der Waals surface area contributed by atoms with Crippen molar-refractivity contribution in [2.24, 2.45) is 0 Å². The summed E-state index contributed by atoms with van der Waals surface area (Å²) in [6.07, 6.45) is 1.65. The molecule has 2 aromatic carbocycles. The Bertz CT molecular complexity index is 814. The number of likely N-dealkylation sites (tertiary alicyclic amines) is 1. The number of nitrogens with zero attached hydrogens (tertiary/aromatic N) is 1. The zero-order valence-electron chi connectivity index (χ0n) is 15.3. The van der Waals surface area contributed by atoms with Gasteiger partial charge in [0.2, 0.25) is 6.79 Å². The maximum atomic E-state index is 12.8. The van der Waals surface area contributed by atoms with Gasteiger partial charge < -0.3 is 23.8 Å². The van der Waals surface area contributed by atoms with E-state index in [4.69, 9.17) is 18.9 Å². The lowest BCUT2D eigenvalue weighted by Crippen LogP contribution is -2.41. The first-order valence-corrected chi connectivity index (χ1v) is 9.32. The molecule has 1 saturated heterocycles. The monoisotopic (exact) mass is 369 g/mol. The number of hydrogen-bond acceptors (Lipinski definition) is 5. The molecule has 1 fully saturated rings. The lowest BCUT2D eigenvalue weighted by atomic mass is 10.1. The molecule has 0 aliphatic carbocycles. The first kappa shape index (κ1) is 17.5. The number of benzene rings is 2. The van der Waals surface area contributed by atoms with Gasteiger partial charge in [-0.2, -0.15) is 0 Å². The number of rotatable bonds is 5. The first-order valence-electron chi connectivity index (χ1n) is 9.32. The van der Waals surface area contributed by atoms with Crippen LogP contribution in [0.2, 0.25) is 0 Å². The minimum atomic E-state index is 0.0152. The molecule has 0 unspecified atom stereocenters. The van der Waals surface area contributed by atoms with Gasteiger partial charge in [0, 0.05) is 31.5 Å². The van der Waals surface area contributed by atoms with Crippen LogP contribution in [0.3, 0.4) is 0 Å². The molecule has 0 aromatic heterocycles. The molecular formula is C21H23NO5. The van der Waals surface area contributed by atoms with E-state index in [2.05, 4.69) is 0 Å². The number of carbonyl (C=O) groups is 1. The molecule has 2 aromatic rings. The largest absolute Gasteiger partial charge is 0.490 e. The van der Waals surface area contributed by atoms with Gasteiger partial charge in [0.15, 0.2) is 23.0 Å². The second-order valence-electron chi connectivity index (χ2n) is 6.56. The fourth-order valence-corrected chi connectivity index (χ4v) is 3.39. The van der Waals surface area contributed by atoms with Crippen molar-refractivity contribution in [3.05, 3.63) is 48.0 Å². The summed E-state index contributed by atoms with van der Waals surface area (Å²) in [5.41, 5.74) is 0.625. The molecule has 6 heteroatoms. The van der Waals surface area contributed by atoms with Crippen molar-refractivity contribution in [3.63, 3.8) is 0 Å². The van der Waals surface area contributed by atoms with Crippen molar-refractivity contribution in [1.82, 2.24) is 4.90 Å². The smallest absolute Gasteiger partial charge is 0.253 e. The summed E-state index contributed by atoms with van der Waals surface area (Å²) in [7, 11) is 0. The summed E-state index contributed by atoms with van der Waals surface area (Å²) >= 11 is 0. The van der Waals surface area contributed by atoms with Gasteiger partial charge in [0.05, 0.1) is 6.61 Å². The summed E-state index contributed by atoms with van der Waals surface area (Å²) in [6, 6.07) is 13.0. The van der Waals surface area contributed by atoms with Crippen molar-refractivity contribution in [1.29, 1.82) is 0 Å². The zero-order chi connectivity index (χ0) is 18.6. The minimum Gasteiger partial charge on any atom is -0.490 e. The Balaban J connectivity index is 1.36. The van der Waals surface area contributed by atoms with Crippen LogP contribution in [0.15, 0.2) is 42.5 Å². The Hall–Kier alpha value is -2.89. The summed E-state index contributed by atoms with van der Waals surface area (Å²) in [6.45, 7) is 4.09. The van der Waals surface area contributed by atoms with Crippen LogP contribution in [-0.4, -0.2) is 43.4 Å². The number of piperidine rings is 1. The second-order valence-corrected chi connectivity index (χ2v) is 6.56. The number of carbonyl (C=O) groups excluding carboxylic acids is 1. The lowest BCUT2D eigenvalue weighted by molar-refractivity contribution is 0.0589. The van der Waals surface area contributed by atoms with E-state index in [9.17, 15) is 4.79 Å². The second kappa shape index (κ2) is 7.78. The minimum absolute atomic E-state index is 0.0152. The van der Waals surface area contributed by atoms with Crippen LogP contribution in [0.4, 0.5) is 0 Å². The fraction of sp³-hybridized carbons (Fsp3) is 0.381. The zero-order valence-corrected chi connectivity index (χ0v) is 15.3. The average Bonchev–Trinajstić information content (AvgIpc) is 3.17.